The second-order valence-corrected chi connectivity index (χ2v) is 8.31. The van der Waals surface area contributed by atoms with Gasteiger partial charge in [0.15, 0.2) is 0 Å². The van der Waals surface area contributed by atoms with Crippen LogP contribution in [0.4, 0.5) is 28.8 Å². The molecule has 3 aromatic rings. The summed E-state index contributed by atoms with van der Waals surface area (Å²) in [7, 11) is 0. The van der Waals surface area contributed by atoms with E-state index in [0.717, 1.165) is 28.6 Å². The number of aryl methyl sites for hydroxylation is 2. The zero-order valence-electron chi connectivity index (χ0n) is 18.1. The van der Waals surface area contributed by atoms with E-state index in [1.807, 2.05) is 49.4 Å². The van der Waals surface area contributed by atoms with E-state index in [-0.39, 0.29) is 5.91 Å². The molecule has 0 atom stereocenters. The number of aromatic nitrogens is 2. The normalized spacial score (nSPS) is 13.7. The van der Waals surface area contributed by atoms with Gasteiger partial charge in [-0.25, -0.2) is 4.98 Å². The maximum atomic E-state index is 12.2. The highest BCUT2D eigenvalue weighted by atomic mass is 16.1. The fraction of sp³-hybridized carbons (Fsp3) is 0.320. The van der Waals surface area contributed by atoms with Gasteiger partial charge in [0.05, 0.1) is 0 Å². The summed E-state index contributed by atoms with van der Waals surface area (Å²) >= 11 is 0. The average Bonchev–Trinajstić information content (AvgIpc) is 3.24. The van der Waals surface area contributed by atoms with Crippen molar-refractivity contribution < 1.29 is 4.79 Å². The van der Waals surface area contributed by atoms with Crippen LogP contribution in [-0.2, 0) is 4.79 Å². The van der Waals surface area contributed by atoms with E-state index in [2.05, 4.69) is 45.0 Å². The van der Waals surface area contributed by atoms with Crippen molar-refractivity contribution in [2.45, 2.75) is 46.0 Å². The van der Waals surface area contributed by atoms with Crippen LogP contribution >= 0.6 is 0 Å². The highest BCUT2D eigenvalue weighted by Crippen LogP contribution is 2.28. The standard InChI is InChI=1S/C25H29N5O/c1-17-7-9-20(10-8-17)27-23-15-18(2)26-25(30-23)29-22-13-11-21(12-14-22)28-24(31)16-19-5-3-4-6-19/h7-15,19H,3-6,16H2,1-2H3,(H,28,31)(H2,26,27,29,30). The molecule has 1 heterocycles. The van der Waals surface area contributed by atoms with Crippen LogP contribution in [0.2, 0.25) is 0 Å². The molecule has 3 N–H and O–H groups in total. The van der Waals surface area contributed by atoms with Gasteiger partial charge in [0.25, 0.3) is 0 Å². The summed E-state index contributed by atoms with van der Waals surface area (Å²) in [5, 5.41) is 9.57. The molecule has 0 spiro atoms. The molecule has 1 fully saturated rings. The van der Waals surface area contributed by atoms with Gasteiger partial charge >= 0.3 is 0 Å². The zero-order valence-corrected chi connectivity index (χ0v) is 18.1. The Hall–Kier alpha value is -3.41. The number of nitrogens with zero attached hydrogens (tertiary/aromatic N) is 2. The Morgan fingerprint density at radius 2 is 1.48 bits per heavy atom. The maximum absolute atomic E-state index is 12.2. The van der Waals surface area contributed by atoms with Crippen molar-refractivity contribution >= 4 is 34.7 Å². The second kappa shape index (κ2) is 9.60. The van der Waals surface area contributed by atoms with E-state index < -0.39 is 0 Å². The third kappa shape index (κ3) is 6.04. The quantitative estimate of drug-likeness (QED) is 0.434. The molecule has 0 radical (unpaired) electrons. The molecule has 1 aliphatic rings. The molecule has 0 bridgehead atoms. The SMILES string of the molecule is Cc1ccc(Nc2cc(C)nc(Nc3ccc(NC(=O)CC4CCCC4)cc3)n2)cc1. The topological polar surface area (TPSA) is 78.9 Å². The highest BCUT2D eigenvalue weighted by Gasteiger charge is 2.18. The van der Waals surface area contributed by atoms with Crippen LogP contribution in [-0.4, -0.2) is 15.9 Å². The summed E-state index contributed by atoms with van der Waals surface area (Å²) in [5.41, 5.74) is 4.72. The molecule has 6 nitrogen and oxygen atoms in total. The molecule has 160 valence electrons. The number of benzene rings is 2. The van der Waals surface area contributed by atoms with Crippen molar-refractivity contribution in [3.63, 3.8) is 0 Å². The van der Waals surface area contributed by atoms with Gasteiger partial charge in [0.2, 0.25) is 11.9 Å². The summed E-state index contributed by atoms with van der Waals surface area (Å²) in [6.07, 6.45) is 5.47. The van der Waals surface area contributed by atoms with Crippen molar-refractivity contribution in [2.75, 3.05) is 16.0 Å². The first kappa shape index (κ1) is 20.8. The van der Waals surface area contributed by atoms with Gasteiger partial charge in [0.1, 0.15) is 5.82 Å². The Labute approximate surface area is 183 Å². The smallest absolute Gasteiger partial charge is 0.229 e. The summed E-state index contributed by atoms with van der Waals surface area (Å²) < 4.78 is 0. The van der Waals surface area contributed by atoms with E-state index in [0.29, 0.717) is 18.3 Å². The van der Waals surface area contributed by atoms with Crippen LogP contribution in [0.15, 0.2) is 54.6 Å². The lowest BCUT2D eigenvalue weighted by Gasteiger charge is -2.12. The van der Waals surface area contributed by atoms with Crippen molar-refractivity contribution in [2.24, 2.45) is 5.92 Å². The minimum Gasteiger partial charge on any atom is -0.340 e. The predicted octanol–water partition coefficient (Wildman–Crippen LogP) is 6.10. The molecule has 31 heavy (non-hydrogen) atoms. The van der Waals surface area contributed by atoms with Gasteiger partial charge in [-0.05, 0) is 69.0 Å². The zero-order chi connectivity index (χ0) is 21.6. The molecule has 1 aliphatic carbocycles. The summed E-state index contributed by atoms with van der Waals surface area (Å²) in [6, 6.07) is 17.7. The van der Waals surface area contributed by atoms with Crippen molar-refractivity contribution in [3.8, 4) is 0 Å². The monoisotopic (exact) mass is 415 g/mol. The molecule has 0 saturated heterocycles. The van der Waals surface area contributed by atoms with E-state index in [9.17, 15) is 4.79 Å². The summed E-state index contributed by atoms with van der Waals surface area (Å²) in [6.45, 7) is 4.00. The van der Waals surface area contributed by atoms with Gasteiger partial charge < -0.3 is 16.0 Å². The van der Waals surface area contributed by atoms with Crippen molar-refractivity contribution in [1.82, 2.24) is 9.97 Å². The molecular formula is C25H29N5O. The van der Waals surface area contributed by atoms with E-state index in [1.165, 1.54) is 31.2 Å². The lowest BCUT2D eigenvalue weighted by molar-refractivity contribution is -0.117. The minimum absolute atomic E-state index is 0.0986. The number of nitrogens with one attached hydrogen (secondary N) is 3. The summed E-state index contributed by atoms with van der Waals surface area (Å²) in [5.74, 6) is 1.89. The van der Waals surface area contributed by atoms with Gasteiger partial charge in [-0.2, -0.15) is 4.98 Å². The van der Waals surface area contributed by atoms with Gasteiger partial charge in [-0.3, -0.25) is 4.79 Å². The molecule has 0 unspecified atom stereocenters. The van der Waals surface area contributed by atoms with E-state index >= 15 is 0 Å². The molecule has 2 aromatic carbocycles. The number of hydrogen-bond acceptors (Lipinski definition) is 5. The number of hydrogen-bond donors (Lipinski definition) is 3. The number of rotatable bonds is 7. The highest BCUT2D eigenvalue weighted by molar-refractivity contribution is 5.91. The Kier molecular flexibility index (Phi) is 6.46. The van der Waals surface area contributed by atoms with Gasteiger partial charge in [0, 0.05) is 35.2 Å². The Bertz CT molecular complexity index is 1020. The molecule has 1 aromatic heterocycles. The van der Waals surface area contributed by atoms with Gasteiger partial charge in [-0.1, -0.05) is 30.5 Å². The van der Waals surface area contributed by atoms with Crippen molar-refractivity contribution in [1.29, 1.82) is 0 Å². The maximum Gasteiger partial charge on any atom is 0.229 e. The van der Waals surface area contributed by atoms with Crippen LogP contribution in [0.5, 0.6) is 0 Å². The lowest BCUT2D eigenvalue weighted by atomic mass is 10.0. The number of carbonyl (C=O) groups excluding carboxylic acids is 1. The van der Waals surface area contributed by atoms with Crippen LogP contribution in [0.3, 0.4) is 0 Å². The van der Waals surface area contributed by atoms with Crippen LogP contribution in [0, 0.1) is 19.8 Å². The Balaban J connectivity index is 1.37. The van der Waals surface area contributed by atoms with E-state index in [4.69, 9.17) is 0 Å². The predicted molar refractivity (Wildman–Crippen MR) is 126 cm³/mol. The molecular weight excluding hydrogens is 386 g/mol. The fourth-order valence-corrected chi connectivity index (χ4v) is 3.93. The van der Waals surface area contributed by atoms with Crippen LogP contribution in [0.25, 0.3) is 0 Å². The minimum atomic E-state index is 0.0986. The fourth-order valence-electron chi connectivity index (χ4n) is 3.93. The molecule has 4 rings (SSSR count). The first-order valence-corrected chi connectivity index (χ1v) is 10.9. The third-order valence-electron chi connectivity index (χ3n) is 5.55. The molecule has 1 saturated carbocycles. The third-order valence-corrected chi connectivity index (χ3v) is 5.55. The lowest BCUT2D eigenvalue weighted by Crippen LogP contribution is -2.15. The molecule has 1 amide bonds. The largest absolute Gasteiger partial charge is 0.340 e. The van der Waals surface area contributed by atoms with Crippen LogP contribution < -0.4 is 16.0 Å². The van der Waals surface area contributed by atoms with Crippen molar-refractivity contribution in [3.05, 3.63) is 65.9 Å². The second-order valence-electron chi connectivity index (χ2n) is 8.31. The van der Waals surface area contributed by atoms with Gasteiger partial charge in [-0.15, -0.1) is 0 Å². The Morgan fingerprint density at radius 1 is 0.871 bits per heavy atom. The first-order valence-electron chi connectivity index (χ1n) is 10.9. The average molecular weight is 416 g/mol. The number of carbonyl (C=O) groups is 1. The van der Waals surface area contributed by atoms with Crippen LogP contribution in [0.1, 0.15) is 43.4 Å². The number of anilines is 5. The first-order chi connectivity index (χ1) is 15.0. The Morgan fingerprint density at radius 3 is 2.19 bits per heavy atom. The molecule has 6 heteroatoms. The molecule has 0 aliphatic heterocycles. The number of amides is 1. The van der Waals surface area contributed by atoms with E-state index in [1.54, 1.807) is 0 Å². The summed E-state index contributed by atoms with van der Waals surface area (Å²) in [4.78, 5) is 21.3.